The largest absolute Gasteiger partial charge is 0.460 e. The molecule has 1 aromatic rings. The summed E-state index contributed by atoms with van der Waals surface area (Å²) < 4.78 is 108. The van der Waals surface area contributed by atoms with Crippen LogP contribution in [0.2, 0.25) is 0 Å². The van der Waals surface area contributed by atoms with E-state index in [9.17, 15) is 35.1 Å². The fourth-order valence-electron chi connectivity index (χ4n) is 2.02. The number of benzene rings is 1. The SMILES string of the molecule is F/C(=C\C1(c2ccccc2)OCCS1)C(F)(F)C(F)(F)C(F)(F)F. The lowest BCUT2D eigenvalue weighted by Crippen LogP contribution is -2.52. The molecule has 1 nitrogen and oxygen atoms in total. The van der Waals surface area contributed by atoms with Gasteiger partial charge in [-0.1, -0.05) is 30.3 Å². The Morgan fingerprint density at radius 2 is 1.62 bits per heavy atom. The van der Waals surface area contributed by atoms with E-state index in [1.807, 2.05) is 0 Å². The Morgan fingerprint density at radius 3 is 2.08 bits per heavy atom. The third-order valence-corrected chi connectivity index (χ3v) is 4.53. The molecular weight excluding hydrogens is 368 g/mol. The first-order valence-electron chi connectivity index (χ1n) is 6.49. The van der Waals surface area contributed by atoms with Gasteiger partial charge in [0.25, 0.3) is 0 Å². The van der Waals surface area contributed by atoms with Gasteiger partial charge in [0.1, 0.15) is 0 Å². The second-order valence-electron chi connectivity index (χ2n) is 4.87. The van der Waals surface area contributed by atoms with Gasteiger partial charge in [0.05, 0.1) is 6.61 Å². The summed E-state index contributed by atoms with van der Waals surface area (Å²) in [6, 6.07) is 7.22. The second-order valence-corrected chi connectivity index (χ2v) is 6.17. The Morgan fingerprint density at radius 1 is 1.04 bits per heavy atom. The molecule has 0 bridgehead atoms. The summed E-state index contributed by atoms with van der Waals surface area (Å²) >= 11 is 0.807. The third kappa shape index (κ3) is 3.13. The maximum atomic E-state index is 13.8. The lowest BCUT2D eigenvalue weighted by molar-refractivity contribution is -0.347. The van der Waals surface area contributed by atoms with E-state index in [-0.39, 0.29) is 24.0 Å². The van der Waals surface area contributed by atoms with Crippen molar-refractivity contribution < 1.29 is 39.9 Å². The fourth-order valence-corrected chi connectivity index (χ4v) is 3.14. The highest BCUT2D eigenvalue weighted by Gasteiger charge is 2.75. The van der Waals surface area contributed by atoms with Gasteiger partial charge in [0.2, 0.25) is 0 Å². The standard InChI is InChI=1S/C14H10F8OS/c15-10(12(16,17)13(18,19)14(20,21)22)8-11(23-6-7-24-11)9-4-2-1-3-5-9/h1-5,8H,6-7H2/b10-8-. The highest BCUT2D eigenvalue weighted by molar-refractivity contribution is 8.00. The molecule has 0 aliphatic carbocycles. The van der Waals surface area contributed by atoms with Gasteiger partial charge in [-0.25, -0.2) is 4.39 Å². The smallest absolute Gasteiger partial charge is 0.355 e. The van der Waals surface area contributed by atoms with Gasteiger partial charge in [-0.15, -0.1) is 11.8 Å². The molecule has 1 aliphatic heterocycles. The molecule has 10 heteroatoms. The first-order valence-corrected chi connectivity index (χ1v) is 7.47. The molecule has 1 heterocycles. The van der Waals surface area contributed by atoms with Gasteiger partial charge in [0, 0.05) is 11.8 Å². The van der Waals surface area contributed by atoms with Crippen LogP contribution in [0.25, 0.3) is 0 Å². The summed E-state index contributed by atoms with van der Waals surface area (Å²) in [4.78, 5) is -1.89. The molecule has 1 unspecified atom stereocenters. The van der Waals surface area contributed by atoms with Crippen molar-refractivity contribution in [1.82, 2.24) is 0 Å². The van der Waals surface area contributed by atoms with Crippen molar-refractivity contribution in [2.75, 3.05) is 12.4 Å². The van der Waals surface area contributed by atoms with E-state index in [2.05, 4.69) is 0 Å². The summed E-state index contributed by atoms with van der Waals surface area (Å²) in [5.41, 5.74) is 0.147. The van der Waals surface area contributed by atoms with E-state index < -0.39 is 28.8 Å². The van der Waals surface area contributed by atoms with Crippen LogP contribution in [-0.2, 0) is 9.67 Å². The van der Waals surface area contributed by atoms with E-state index in [0.717, 1.165) is 11.8 Å². The molecule has 1 aromatic carbocycles. The molecule has 2 rings (SSSR count). The molecule has 1 fully saturated rings. The van der Waals surface area contributed by atoms with Gasteiger partial charge in [-0.05, 0) is 5.56 Å². The van der Waals surface area contributed by atoms with Gasteiger partial charge < -0.3 is 4.74 Å². The Balaban J connectivity index is 2.47. The van der Waals surface area contributed by atoms with Crippen molar-refractivity contribution in [3.05, 3.63) is 47.8 Å². The van der Waals surface area contributed by atoms with Crippen LogP contribution >= 0.6 is 11.8 Å². The average molecular weight is 378 g/mol. The van der Waals surface area contributed by atoms with Crippen LogP contribution in [0.15, 0.2) is 42.2 Å². The molecule has 1 saturated heterocycles. The summed E-state index contributed by atoms with van der Waals surface area (Å²) in [6.07, 6.45) is -6.62. The topological polar surface area (TPSA) is 9.23 Å². The van der Waals surface area contributed by atoms with Gasteiger partial charge in [0.15, 0.2) is 10.8 Å². The maximum Gasteiger partial charge on any atom is 0.460 e. The first-order chi connectivity index (χ1) is 10.9. The average Bonchev–Trinajstić information content (AvgIpc) is 2.96. The summed E-state index contributed by atoms with van der Waals surface area (Å²) in [5.74, 6) is -15.3. The Hall–Kier alpha value is -1.29. The van der Waals surface area contributed by atoms with Crippen molar-refractivity contribution in [3.8, 4) is 0 Å². The molecule has 0 radical (unpaired) electrons. The predicted octanol–water partition coefficient (Wildman–Crippen LogP) is 5.29. The quantitative estimate of drug-likeness (QED) is 0.659. The molecule has 1 aliphatic rings. The third-order valence-electron chi connectivity index (χ3n) is 3.26. The number of rotatable bonds is 4. The zero-order chi connectivity index (χ0) is 18.2. The number of ether oxygens (including phenoxy) is 1. The van der Waals surface area contributed by atoms with Crippen LogP contribution in [0, 0.1) is 0 Å². The van der Waals surface area contributed by atoms with E-state index in [1.54, 1.807) is 6.07 Å². The number of allylic oxidation sites excluding steroid dienone is 1. The highest BCUT2D eigenvalue weighted by Crippen LogP contribution is 2.52. The lowest BCUT2D eigenvalue weighted by atomic mass is 10.0. The molecule has 0 saturated carbocycles. The van der Waals surface area contributed by atoms with Crippen molar-refractivity contribution in [3.63, 3.8) is 0 Å². The maximum absolute atomic E-state index is 13.8. The van der Waals surface area contributed by atoms with Crippen molar-refractivity contribution >= 4 is 11.8 Å². The minimum atomic E-state index is -6.61. The lowest BCUT2D eigenvalue weighted by Gasteiger charge is -2.29. The molecule has 1 atom stereocenters. The van der Waals surface area contributed by atoms with Crippen LogP contribution in [0.3, 0.4) is 0 Å². The number of alkyl halides is 7. The van der Waals surface area contributed by atoms with E-state index >= 15 is 0 Å². The Labute approximate surface area is 135 Å². The van der Waals surface area contributed by atoms with E-state index in [4.69, 9.17) is 4.74 Å². The predicted molar refractivity (Wildman–Crippen MR) is 71.7 cm³/mol. The zero-order valence-electron chi connectivity index (χ0n) is 11.7. The van der Waals surface area contributed by atoms with Crippen molar-refractivity contribution in [2.45, 2.75) is 23.0 Å². The minimum Gasteiger partial charge on any atom is -0.355 e. The molecule has 0 aromatic heterocycles. The zero-order valence-corrected chi connectivity index (χ0v) is 12.5. The first kappa shape index (κ1) is 19.0. The van der Waals surface area contributed by atoms with Gasteiger partial charge in [-0.2, -0.15) is 30.7 Å². The van der Waals surface area contributed by atoms with E-state index in [1.165, 1.54) is 24.3 Å². The van der Waals surface area contributed by atoms with Crippen LogP contribution in [0.1, 0.15) is 5.56 Å². The minimum absolute atomic E-state index is 0.00935. The number of halogens is 8. The molecule has 0 amide bonds. The number of hydrogen-bond acceptors (Lipinski definition) is 2. The number of thioether (sulfide) groups is 1. The van der Waals surface area contributed by atoms with Crippen LogP contribution in [0.4, 0.5) is 35.1 Å². The normalized spacial score (nSPS) is 23.6. The molecule has 24 heavy (non-hydrogen) atoms. The molecule has 134 valence electrons. The summed E-state index contributed by atoms with van der Waals surface area (Å²) in [5, 5.41) is 0. The molecular formula is C14H10F8OS. The van der Waals surface area contributed by atoms with Crippen molar-refractivity contribution in [1.29, 1.82) is 0 Å². The fraction of sp³-hybridized carbons (Fsp3) is 0.429. The van der Waals surface area contributed by atoms with E-state index in [0.29, 0.717) is 0 Å². The van der Waals surface area contributed by atoms with Gasteiger partial charge in [-0.3, -0.25) is 0 Å². The number of hydrogen-bond donors (Lipinski definition) is 0. The summed E-state index contributed by atoms with van der Waals surface area (Å²) in [6.45, 7) is -0.00935. The van der Waals surface area contributed by atoms with Crippen LogP contribution < -0.4 is 0 Å². The Kier molecular flexibility index (Phi) is 4.93. The Bertz CT molecular complexity index is 605. The van der Waals surface area contributed by atoms with Gasteiger partial charge >= 0.3 is 18.0 Å². The van der Waals surface area contributed by atoms with Crippen LogP contribution in [0.5, 0.6) is 0 Å². The second kappa shape index (κ2) is 6.21. The molecule has 0 N–H and O–H groups in total. The molecule has 0 spiro atoms. The highest BCUT2D eigenvalue weighted by atomic mass is 32.2. The van der Waals surface area contributed by atoms with Crippen LogP contribution in [-0.4, -0.2) is 30.4 Å². The van der Waals surface area contributed by atoms with Crippen molar-refractivity contribution in [2.24, 2.45) is 0 Å². The monoisotopic (exact) mass is 378 g/mol. The summed E-state index contributed by atoms with van der Waals surface area (Å²) in [7, 11) is 0.